The van der Waals surface area contributed by atoms with Crippen molar-refractivity contribution in [3.05, 3.63) is 58.1 Å². The van der Waals surface area contributed by atoms with Gasteiger partial charge in [0.2, 0.25) is 16.0 Å². The number of pyridine rings is 2. The first-order valence-corrected chi connectivity index (χ1v) is 12.0. The van der Waals surface area contributed by atoms with Crippen LogP contribution >= 0.6 is 11.6 Å². The maximum atomic E-state index is 11.8. The number of rotatable bonds is 4. The second kappa shape index (κ2) is 8.05. The zero-order valence-electron chi connectivity index (χ0n) is 17.8. The molecular formula is C21H23ClN6O2S. The van der Waals surface area contributed by atoms with E-state index in [1.54, 1.807) is 12.4 Å². The highest BCUT2D eigenvalue weighted by atomic mass is 35.5. The van der Waals surface area contributed by atoms with E-state index < -0.39 is 10.0 Å². The molecule has 1 aliphatic heterocycles. The van der Waals surface area contributed by atoms with Crippen molar-refractivity contribution in [2.24, 2.45) is 0 Å². The maximum Gasteiger partial charge on any atom is 0.239 e. The molecule has 0 unspecified atom stereocenters. The zero-order chi connectivity index (χ0) is 22.3. The molecule has 0 fully saturated rings. The molecule has 0 N–H and O–H groups in total. The van der Waals surface area contributed by atoms with Crippen LogP contribution in [0.25, 0.3) is 11.3 Å². The lowest BCUT2D eigenvalue weighted by atomic mass is 10.0. The van der Waals surface area contributed by atoms with Crippen LogP contribution in [-0.4, -0.2) is 48.2 Å². The lowest BCUT2D eigenvalue weighted by Gasteiger charge is -2.30. The predicted octanol–water partition coefficient (Wildman–Crippen LogP) is 3.16. The summed E-state index contributed by atoms with van der Waals surface area (Å²) in [5, 5.41) is 0.553. The van der Waals surface area contributed by atoms with Crippen molar-refractivity contribution >= 4 is 33.4 Å². The van der Waals surface area contributed by atoms with E-state index in [1.807, 2.05) is 26.1 Å². The normalized spacial score (nSPS) is 13.8. The molecule has 3 aromatic heterocycles. The van der Waals surface area contributed by atoms with E-state index in [-0.39, 0.29) is 5.95 Å². The van der Waals surface area contributed by atoms with E-state index in [9.17, 15) is 8.42 Å². The Bertz CT molecular complexity index is 1260. The number of anilines is 2. The minimum absolute atomic E-state index is 0.183. The zero-order valence-corrected chi connectivity index (χ0v) is 19.4. The molecule has 0 amide bonds. The first-order valence-electron chi connectivity index (χ1n) is 9.76. The number of halogens is 1. The highest BCUT2D eigenvalue weighted by Gasteiger charge is 2.23. The highest BCUT2D eigenvalue weighted by Crippen LogP contribution is 2.32. The summed E-state index contributed by atoms with van der Waals surface area (Å²) in [6.07, 6.45) is 6.96. The van der Waals surface area contributed by atoms with Crippen LogP contribution in [0, 0.1) is 13.8 Å². The average molecular weight is 459 g/mol. The van der Waals surface area contributed by atoms with Crippen molar-refractivity contribution in [1.82, 2.24) is 19.9 Å². The van der Waals surface area contributed by atoms with Crippen molar-refractivity contribution in [3.63, 3.8) is 0 Å². The molecule has 8 nitrogen and oxygen atoms in total. The SMILES string of the molecule is Cc1cnc(-c2cc(N3CCc4nc(N(C)S(C)(=O)=O)ncc4C3)ncc2Cl)c(C)c1. The number of nitrogens with zero attached hydrogens (tertiary/aromatic N) is 6. The number of hydrogen-bond donors (Lipinski definition) is 0. The largest absolute Gasteiger partial charge is 0.352 e. The molecule has 0 saturated heterocycles. The smallest absolute Gasteiger partial charge is 0.239 e. The Hall–Kier alpha value is -2.78. The average Bonchev–Trinajstić information content (AvgIpc) is 2.72. The number of aromatic nitrogens is 4. The fraction of sp³-hybridized carbons (Fsp3) is 0.333. The fourth-order valence-electron chi connectivity index (χ4n) is 3.58. The maximum absolute atomic E-state index is 11.8. The lowest BCUT2D eigenvalue weighted by Crippen LogP contribution is -2.33. The van der Waals surface area contributed by atoms with E-state index >= 15 is 0 Å². The standard InChI is InChI=1S/C21H23ClN6O2S/c1-13-7-14(2)20(24-9-13)16-8-19(23-11-17(16)22)28-6-5-18-15(12-28)10-25-21(26-18)27(3)31(4,29)30/h7-11H,5-6,12H2,1-4H3. The van der Waals surface area contributed by atoms with Gasteiger partial charge in [-0.2, -0.15) is 0 Å². The van der Waals surface area contributed by atoms with Gasteiger partial charge in [0.15, 0.2) is 0 Å². The summed E-state index contributed by atoms with van der Waals surface area (Å²) >= 11 is 6.45. The van der Waals surface area contributed by atoms with E-state index in [1.165, 1.54) is 7.05 Å². The molecule has 0 aromatic carbocycles. The molecule has 31 heavy (non-hydrogen) atoms. The molecule has 4 rings (SSSR count). The third kappa shape index (κ3) is 4.33. The van der Waals surface area contributed by atoms with E-state index in [4.69, 9.17) is 11.6 Å². The molecule has 0 bridgehead atoms. The summed E-state index contributed by atoms with van der Waals surface area (Å²) in [6.45, 7) is 5.30. The first kappa shape index (κ1) is 21.5. The summed E-state index contributed by atoms with van der Waals surface area (Å²) in [5.74, 6) is 0.978. The van der Waals surface area contributed by atoms with Crippen LogP contribution in [0.3, 0.4) is 0 Å². The summed E-state index contributed by atoms with van der Waals surface area (Å²) in [4.78, 5) is 19.9. The van der Waals surface area contributed by atoms with Crippen molar-refractivity contribution in [3.8, 4) is 11.3 Å². The van der Waals surface area contributed by atoms with Gasteiger partial charge in [0, 0.05) is 56.3 Å². The quantitative estimate of drug-likeness (QED) is 0.592. The second-order valence-electron chi connectivity index (χ2n) is 7.74. The summed E-state index contributed by atoms with van der Waals surface area (Å²) in [6, 6.07) is 4.04. The van der Waals surface area contributed by atoms with Gasteiger partial charge in [0.25, 0.3) is 0 Å². The van der Waals surface area contributed by atoms with Gasteiger partial charge >= 0.3 is 0 Å². The topological polar surface area (TPSA) is 92.2 Å². The molecule has 162 valence electrons. The number of fused-ring (bicyclic) bond motifs is 1. The molecule has 0 radical (unpaired) electrons. The molecule has 0 spiro atoms. The van der Waals surface area contributed by atoms with E-state index in [0.29, 0.717) is 24.5 Å². The minimum atomic E-state index is -3.41. The van der Waals surface area contributed by atoms with Crippen molar-refractivity contribution < 1.29 is 8.42 Å². The monoisotopic (exact) mass is 458 g/mol. The van der Waals surface area contributed by atoms with Gasteiger partial charge < -0.3 is 4.90 Å². The fourth-order valence-corrected chi connectivity index (χ4v) is 4.16. The Morgan fingerprint density at radius 3 is 2.58 bits per heavy atom. The van der Waals surface area contributed by atoms with E-state index in [0.717, 1.165) is 50.0 Å². The summed E-state index contributed by atoms with van der Waals surface area (Å²) in [7, 11) is -1.96. The van der Waals surface area contributed by atoms with Crippen LogP contribution in [0.4, 0.5) is 11.8 Å². The lowest BCUT2D eigenvalue weighted by molar-refractivity contribution is 0.599. The van der Waals surface area contributed by atoms with Crippen molar-refractivity contribution in [2.45, 2.75) is 26.8 Å². The molecule has 3 aromatic rings. The third-order valence-electron chi connectivity index (χ3n) is 5.34. The van der Waals surface area contributed by atoms with Crippen LogP contribution in [0.1, 0.15) is 22.4 Å². The minimum Gasteiger partial charge on any atom is -0.352 e. The molecule has 10 heteroatoms. The van der Waals surface area contributed by atoms with Crippen molar-refractivity contribution in [2.75, 3.05) is 29.1 Å². The molecule has 0 atom stereocenters. The Balaban J connectivity index is 1.63. The van der Waals surface area contributed by atoms with E-state index in [2.05, 4.69) is 30.9 Å². The Morgan fingerprint density at radius 1 is 1.10 bits per heavy atom. The van der Waals surface area contributed by atoms with Crippen LogP contribution in [0.2, 0.25) is 5.02 Å². The Labute approximate surface area is 187 Å². The number of hydrogen-bond acceptors (Lipinski definition) is 7. The predicted molar refractivity (Wildman–Crippen MR) is 122 cm³/mol. The van der Waals surface area contributed by atoms with Gasteiger partial charge in [-0.3, -0.25) is 4.98 Å². The first-order chi connectivity index (χ1) is 14.6. The van der Waals surface area contributed by atoms with Gasteiger partial charge in [-0.25, -0.2) is 27.7 Å². The van der Waals surface area contributed by atoms with Crippen LogP contribution in [0.5, 0.6) is 0 Å². The van der Waals surface area contributed by atoms with Gasteiger partial charge in [-0.15, -0.1) is 0 Å². The number of sulfonamides is 1. The third-order valence-corrected chi connectivity index (χ3v) is 6.79. The molecular weight excluding hydrogens is 436 g/mol. The van der Waals surface area contributed by atoms with Gasteiger partial charge in [-0.1, -0.05) is 17.7 Å². The Kier molecular flexibility index (Phi) is 5.57. The Morgan fingerprint density at radius 2 is 1.87 bits per heavy atom. The summed E-state index contributed by atoms with van der Waals surface area (Å²) in [5.41, 5.74) is 5.63. The van der Waals surface area contributed by atoms with Gasteiger partial charge in [-0.05, 0) is 31.0 Å². The molecule has 1 aliphatic rings. The van der Waals surface area contributed by atoms with Gasteiger partial charge in [0.05, 0.1) is 22.7 Å². The molecule has 0 saturated carbocycles. The van der Waals surface area contributed by atoms with Crippen LogP contribution in [0.15, 0.2) is 30.7 Å². The second-order valence-corrected chi connectivity index (χ2v) is 10.2. The summed E-state index contributed by atoms with van der Waals surface area (Å²) < 4.78 is 24.6. The van der Waals surface area contributed by atoms with Crippen molar-refractivity contribution in [1.29, 1.82) is 0 Å². The molecule has 0 aliphatic carbocycles. The highest BCUT2D eigenvalue weighted by molar-refractivity contribution is 7.92. The van der Waals surface area contributed by atoms with Crippen LogP contribution < -0.4 is 9.21 Å². The van der Waals surface area contributed by atoms with Gasteiger partial charge in [0.1, 0.15) is 5.82 Å². The van der Waals surface area contributed by atoms with Crippen LogP contribution in [-0.2, 0) is 23.0 Å². The molecule has 4 heterocycles. The number of aryl methyl sites for hydroxylation is 2.